The normalized spacial score (nSPS) is 18.3. The highest BCUT2D eigenvalue weighted by Gasteiger charge is 2.40. The first-order valence-corrected chi connectivity index (χ1v) is 9.25. The Morgan fingerprint density at radius 2 is 2.00 bits per heavy atom. The zero-order valence-corrected chi connectivity index (χ0v) is 16.0. The topological polar surface area (TPSA) is 88.9 Å². The summed E-state index contributed by atoms with van der Waals surface area (Å²) >= 11 is 6.08. The highest BCUT2D eigenvalue weighted by Crippen LogP contribution is 2.40. The van der Waals surface area contributed by atoms with Crippen LogP contribution < -0.4 is 9.47 Å². The number of benzene rings is 1. The van der Waals surface area contributed by atoms with Crippen LogP contribution in [0.2, 0.25) is 5.02 Å². The third-order valence-corrected chi connectivity index (χ3v) is 5.44. The lowest BCUT2D eigenvalue weighted by Gasteiger charge is -2.39. The summed E-state index contributed by atoms with van der Waals surface area (Å²) in [6.07, 6.45) is 3.08. The van der Waals surface area contributed by atoms with E-state index in [-0.39, 0.29) is 17.4 Å². The van der Waals surface area contributed by atoms with Gasteiger partial charge in [-0.25, -0.2) is 4.79 Å². The Hall–Kier alpha value is -2.46. The van der Waals surface area contributed by atoms with Gasteiger partial charge in [-0.3, -0.25) is 4.79 Å². The van der Waals surface area contributed by atoms with Crippen molar-refractivity contribution in [3.05, 3.63) is 22.7 Å². The number of nitrogens with zero attached hydrogens (tertiary/aromatic N) is 2. The maximum absolute atomic E-state index is 12.8. The average Bonchev–Trinajstić information content (AvgIpc) is 3.16. The smallest absolute Gasteiger partial charge is 0.339 e. The zero-order valence-electron chi connectivity index (χ0n) is 15.3. The number of carbonyl (C=O) groups excluding carboxylic acids is 2. The molecule has 1 aromatic rings. The van der Waals surface area contributed by atoms with E-state index in [2.05, 4.69) is 6.07 Å². The molecule has 0 radical (unpaired) electrons. The minimum atomic E-state index is -1.03. The van der Waals surface area contributed by atoms with Crippen LogP contribution in [0.1, 0.15) is 49.4 Å². The molecule has 3 rings (SSSR count). The van der Waals surface area contributed by atoms with E-state index in [0.717, 1.165) is 19.3 Å². The van der Waals surface area contributed by atoms with Gasteiger partial charge in [-0.05, 0) is 31.9 Å². The molecule has 0 spiro atoms. The van der Waals surface area contributed by atoms with Crippen LogP contribution in [0.4, 0.5) is 0 Å². The molecule has 8 heteroatoms. The van der Waals surface area contributed by atoms with E-state index in [1.54, 1.807) is 7.05 Å². The first kappa shape index (κ1) is 19.3. The van der Waals surface area contributed by atoms with Gasteiger partial charge in [0.2, 0.25) is 6.79 Å². The molecule has 1 aliphatic heterocycles. The number of ether oxygens (including phenoxy) is 3. The summed E-state index contributed by atoms with van der Waals surface area (Å²) in [6.45, 7) is 1.53. The first-order chi connectivity index (χ1) is 12.9. The van der Waals surface area contributed by atoms with Crippen molar-refractivity contribution in [1.82, 2.24) is 4.90 Å². The third-order valence-electron chi connectivity index (χ3n) is 5.16. The Balaban J connectivity index is 1.70. The molecule has 1 atom stereocenters. The second-order valence-electron chi connectivity index (χ2n) is 6.84. The minimum Gasteiger partial charge on any atom is -0.454 e. The molecule has 0 bridgehead atoms. The molecule has 2 aliphatic rings. The largest absolute Gasteiger partial charge is 0.454 e. The number of fused-ring (bicyclic) bond motifs is 1. The van der Waals surface area contributed by atoms with Crippen molar-refractivity contribution < 1.29 is 23.8 Å². The number of likely N-dealkylation sites (N-methyl/N-ethyl adjacent to an activating group) is 1. The minimum absolute atomic E-state index is 0.0312. The monoisotopic (exact) mass is 392 g/mol. The molecule has 1 aromatic carbocycles. The fourth-order valence-corrected chi connectivity index (χ4v) is 3.77. The lowest BCUT2D eigenvalue weighted by atomic mass is 9.81. The molecule has 7 nitrogen and oxygen atoms in total. The molecular formula is C19H21ClN2O5. The molecule has 1 aliphatic carbocycles. The Bertz CT molecular complexity index is 798. The van der Waals surface area contributed by atoms with Gasteiger partial charge in [0, 0.05) is 7.05 Å². The maximum atomic E-state index is 12.8. The molecule has 0 saturated heterocycles. The molecule has 1 fully saturated rings. The molecule has 144 valence electrons. The molecule has 27 heavy (non-hydrogen) atoms. The molecular weight excluding hydrogens is 372 g/mol. The van der Waals surface area contributed by atoms with Gasteiger partial charge < -0.3 is 19.1 Å². The van der Waals surface area contributed by atoms with Gasteiger partial charge in [0.1, 0.15) is 5.54 Å². The van der Waals surface area contributed by atoms with Gasteiger partial charge in [-0.15, -0.1) is 0 Å². The fraction of sp³-hybridized carbons (Fsp3) is 0.526. The van der Waals surface area contributed by atoms with E-state index in [1.807, 2.05) is 0 Å². The van der Waals surface area contributed by atoms with E-state index in [4.69, 9.17) is 25.8 Å². The number of hydrogen-bond acceptors (Lipinski definition) is 6. The number of esters is 1. The van der Waals surface area contributed by atoms with Crippen molar-refractivity contribution in [3.63, 3.8) is 0 Å². The molecule has 1 heterocycles. The van der Waals surface area contributed by atoms with Crippen LogP contribution in [-0.2, 0) is 9.53 Å². The Kier molecular flexibility index (Phi) is 5.47. The summed E-state index contributed by atoms with van der Waals surface area (Å²) in [7, 11) is 1.60. The average molecular weight is 393 g/mol. The van der Waals surface area contributed by atoms with Crippen LogP contribution in [-0.4, -0.2) is 42.3 Å². The van der Waals surface area contributed by atoms with Crippen LogP contribution in [0.3, 0.4) is 0 Å². The second kappa shape index (κ2) is 7.65. The third kappa shape index (κ3) is 3.67. The van der Waals surface area contributed by atoms with E-state index in [9.17, 15) is 14.9 Å². The molecule has 0 N–H and O–H groups in total. The Morgan fingerprint density at radius 3 is 2.67 bits per heavy atom. The predicted octanol–water partition coefficient (Wildman–Crippen LogP) is 3.30. The molecule has 0 unspecified atom stereocenters. The number of rotatable bonds is 4. The van der Waals surface area contributed by atoms with Crippen molar-refractivity contribution in [2.75, 3.05) is 13.8 Å². The Morgan fingerprint density at radius 1 is 1.30 bits per heavy atom. The quantitative estimate of drug-likeness (QED) is 0.730. The Labute approximate surface area is 162 Å². The summed E-state index contributed by atoms with van der Waals surface area (Å²) in [5, 5.41) is 9.87. The van der Waals surface area contributed by atoms with Gasteiger partial charge in [0.25, 0.3) is 5.91 Å². The zero-order chi connectivity index (χ0) is 19.6. The molecule has 1 saturated carbocycles. The van der Waals surface area contributed by atoms with Gasteiger partial charge >= 0.3 is 5.97 Å². The summed E-state index contributed by atoms with van der Waals surface area (Å²) < 4.78 is 15.8. The van der Waals surface area contributed by atoms with Crippen molar-refractivity contribution in [2.45, 2.75) is 50.7 Å². The standard InChI is InChI=1S/C19H21ClN2O5/c1-12(17(23)22(2)19(10-21)6-4-3-5-7-19)27-18(24)13-8-14(20)16-15(9-13)25-11-26-16/h8-9,12H,3-7,11H2,1-2H3/t12-/m1/s1. The second-order valence-corrected chi connectivity index (χ2v) is 7.25. The summed E-state index contributed by atoms with van der Waals surface area (Å²) in [5.74, 6) is -0.362. The highest BCUT2D eigenvalue weighted by molar-refractivity contribution is 6.32. The van der Waals surface area contributed by atoms with E-state index in [1.165, 1.54) is 24.0 Å². The lowest BCUT2D eigenvalue weighted by Crippen LogP contribution is -2.53. The van der Waals surface area contributed by atoms with Crippen molar-refractivity contribution in [3.8, 4) is 17.6 Å². The molecule has 0 aromatic heterocycles. The van der Waals surface area contributed by atoms with E-state index >= 15 is 0 Å². The van der Waals surface area contributed by atoms with Crippen LogP contribution in [0.5, 0.6) is 11.5 Å². The fourth-order valence-electron chi connectivity index (χ4n) is 3.51. The summed E-state index contributed by atoms with van der Waals surface area (Å²) in [5.41, 5.74) is -0.669. The lowest BCUT2D eigenvalue weighted by molar-refractivity contribution is -0.143. The number of halogens is 1. The maximum Gasteiger partial charge on any atom is 0.339 e. The number of amides is 1. The van der Waals surface area contributed by atoms with Crippen LogP contribution in [0.25, 0.3) is 0 Å². The van der Waals surface area contributed by atoms with Gasteiger partial charge in [0.05, 0.1) is 16.7 Å². The van der Waals surface area contributed by atoms with E-state index < -0.39 is 23.5 Å². The van der Waals surface area contributed by atoms with Gasteiger partial charge in [0.15, 0.2) is 17.6 Å². The van der Waals surface area contributed by atoms with Crippen molar-refractivity contribution >= 4 is 23.5 Å². The first-order valence-electron chi connectivity index (χ1n) is 8.87. The van der Waals surface area contributed by atoms with Gasteiger partial charge in [-0.1, -0.05) is 30.9 Å². The predicted molar refractivity (Wildman–Crippen MR) is 96.7 cm³/mol. The van der Waals surface area contributed by atoms with Crippen molar-refractivity contribution in [2.24, 2.45) is 0 Å². The van der Waals surface area contributed by atoms with Gasteiger partial charge in [-0.2, -0.15) is 5.26 Å². The van der Waals surface area contributed by atoms with Crippen LogP contribution in [0, 0.1) is 11.3 Å². The van der Waals surface area contributed by atoms with Crippen molar-refractivity contribution in [1.29, 1.82) is 5.26 Å². The summed E-state index contributed by atoms with van der Waals surface area (Å²) in [6, 6.07) is 5.17. The van der Waals surface area contributed by atoms with Crippen LogP contribution in [0.15, 0.2) is 12.1 Å². The van der Waals surface area contributed by atoms with E-state index in [0.29, 0.717) is 24.3 Å². The number of hydrogen-bond donors (Lipinski definition) is 0. The highest BCUT2D eigenvalue weighted by atomic mass is 35.5. The molecule has 1 amide bonds. The summed E-state index contributed by atoms with van der Waals surface area (Å²) in [4.78, 5) is 26.6. The number of carbonyl (C=O) groups is 2. The number of nitriles is 1. The SMILES string of the molecule is C[C@@H](OC(=O)c1cc(Cl)c2c(c1)OCO2)C(=O)N(C)C1(C#N)CCCCC1. The van der Waals surface area contributed by atoms with Crippen LogP contribution >= 0.6 is 11.6 Å².